The van der Waals surface area contributed by atoms with E-state index in [-0.39, 0.29) is 5.41 Å². The Kier molecular flexibility index (Phi) is 7.02. The van der Waals surface area contributed by atoms with Crippen molar-refractivity contribution in [2.45, 2.75) is 66.4 Å². The van der Waals surface area contributed by atoms with Crippen LogP contribution in [0.3, 0.4) is 0 Å². The molecule has 1 atom stereocenters. The van der Waals surface area contributed by atoms with Gasteiger partial charge in [0.05, 0.1) is 6.10 Å². The number of allylic oxidation sites excluding steroid dienone is 6. The van der Waals surface area contributed by atoms with Gasteiger partial charge in [-0.05, 0) is 57.1 Å². The van der Waals surface area contributed by atoms with E-state index in [0.717, 1.165) is 17.4 Å². The largest absolute Gasteiger partial charge is 0.385 e. The van der Waals surface area contributed by atoms with E-state index in [1.165, 1.54) is 30.4 Å². The SMILES string of the molecule is CC(C=CC1=C(C)CCCC1(C)C)=CC(O)C=C(C)CC=O. The average molecular weight is 302 g/mol. The van der Waals surface area contributed by atoms with Gasteiger partial charge in [-0.25, -0.2) is 0 Å². The van der Waals surface area contributed by atoms with Crippen molar-refractivity contribution in [1.82, 2.24) is 0 Å². The summed E-state index contributed by atoms with van der Waals surface area (Å²) in [5, 5.41) is 9.99. The molecular formula is C20H30O2. The Morgan fingerprint density at radius 1 is 1.32 bits per heavy atom. The number of hydrogen-bond donors (Lipinski definition) is 1. The molecule has 1 aliphatic rings. The van der Waals surface area contributed by atoms with Crippen molar-refractivity contribution >= 4 is 6.29 Å². The van der Waals surface area contributed by atoms with Crippen LogP contribution in [0.2, 0.25) is 0 Å². The van der Waals surface area contributed by atoms with Gasteiger partial charge in [0.2, 0.25) is 0 Å². The lowest BCUT2D eigenvalue weighted by Crippen LogP contribution is -2.19. The highest BCUT2D eigenvalue weighted by Crippen LogP contribution is 2.40. The molecule has 0 saturated carbocycles. The zero-order valence-corrected chi connectivity index (χ0v) is 14.6. The predicted molar refractivity (Wildman–Crippen MR) is 93.7 cm³/mol. The summed E-state index contributed by atoms with van der Waals surface area (Å²) in [7, 11) is 0. The van der Waals surface area contributed by atoms with Gasteiger partial charge in [0.1, 0.15) is 6.29 Å². The topological polar surface area (TPSA) is 37.3 Å². The summed E-state index contributed by atoms with van der Waals surface area (Å²) in [6.45, 7) is 10.7. The highest BCUT2D eigenvalue weighted by Gasteiger charge is 2.26. The third kappa shape index (κ3) is 5.76. The molecule has 2 heteroatoms. The second-order valence-corrected chi connectivity index (χ2v) is 7.05. The van der Waals surface area contributed by atoms with Crippen LogP contribution >= 0.6 is 0 Å². The minimum atomic E-state index is -0.640. The second kappa shape index (κ2) is 8.28. The van der Waals surface area contributed by atoms with E-state index in [1.54, 1.807) is 6.08 Å². The third-order valence-electron chi connectivity index (χ3n) is 4.35. The smallest absolute Gasteiger partial charge is 0.124 e. The summed E-state index contributed by atoms with van der Waals surface area (Å²) in [6, 6.07) is 0. The molecule has 0 spiro atoms. The normalized spacial score (nSPS) is 21.4. The predicted octanol–water partition coefficient (Wildman–Crippen LogP) is 4.91. The fourth-order valence-electron chi connectivity index (χ4n) is 3.09. The molecule has 0 fully saturated rings. The first-order valence-corrected chi connectivity index (χ1v) is 8.12. The van der Waals surface area contributed by atoms with Crippen LogP contribution in [0.5, 0.6) is 0 Å². The first kappa shape index (κ1) is 18.6. The van der Waals surface area contributed by atoms with Crippen molar-refractivity contribution in [3.05, 3.63) is 46.6 Å². The first-order chi connectivity index (χ1) is 10.3. The fourth-order valence-corrected chi connectivity index (χ4v) is 3.09. The van der Waals surface area contributed by atoms with Crippen LogP contribution in [0.1, 0.15) is 60.3 Å². The van der Waals surface area contributed by atoms with E-state index in [9.17, 15) is 9.90 Å². The number of carbonyl (C=O) groups is 1. The molecule has 122 valence electrons. The highest BCUT2D eigenvalue weighted by molar-refractivity contribution is 5.54. The summed E-state index contributed by atoms with van der Waals surface area (Å²) in [5.41, 5.74) is 5.06. The van der Waals surface area contributed by atoms with E-state index in [0.29, 0.717) is 6.42 Å². The molecule has 1 rings (SSSR count). The number of aliphatic hydroxyl groups is 1. The molecule has 1 unspecified atom stereocenters. The zero-order chi connectivity index (χ0) is 16.8. The Bertz CT molecular complexity index is 516. The molecule has 0 aromatic heterocycles. The van der Waals surface area contributed by atoms with Crippen LogP contribution < -0.4 is 0 Å². The molecule has 0 amide bonds. The summed E-state index contributed by atoms with van der Waals surface area (Å²) in [5.74, 6) is 0. The van der Waals surface area contributed by atoms with Gasteiger partial charge in [-0.3, -0.25) is 0 Å². The molecule has 1 N–H and O–H groups in total. The van der Waals surface area contributed by atoms with Crippen molar-refractivity contribution in [2.24, 2.45) is 5.41 Å². The van der Waals surface area contributed by atoms with Crippen LogP contribution in [0.15, 0.2) is 46.6 Å². The van der Waals surface area contributed by atoms with Gasteiger partial charge in [-0.2, -0.15) is 0 Å². The van der Waals surface area contributed by atoms with Gasteiger partial charge in [-0.1, -0.05) is 48.8 Å². The van der Waals surface area contributed by atoms with Gasteiger partial charge in [-0.15, -0.1) is 0 Å². The maximum atomic E-state index is 10.4. The lowest BCUT2D eigenvalue weighted by Gasteiger charge is -2.33. The van der Waals surface area contributed by atoms with Crippen molar-refractivity contribution in [3.8, 4) is 0 Å². The molecular weight excluding hydrogens is 272 g/mol. The lowest BCUT2D eigenvalue weighted by atomic mass is 9.72. The number of hydrogen-bond acceptors (Lipinski definition) is 2. The van der Waals surface area contributed by atoms with Crippen molar-refractivity contribution in [2.75, 3.05) is 0 Å². The van der Waals surface area contributed by atoms with Crippen LogP contribution in [-0.2, 0) is 4.79 Å². The monoisotopic (exact) mass is 302 g/mol. The Morgan fingerprint density at radius 2 is 2.00 bits per heavy atom. The van der Waals surface area contributed by atoms with Crippen molar-refractivity contribution in [3.63, 3.8) is 0 Å². The van der Waals surface area contributed by atoms with Crippen LogP contribution in [0.25, 0.3) is 0 Å². The van der Waals surface area contributed by atoms with Gasteiger partial charge in [0.25, 0.3) is 0 Å². The quantitative estimate of drug-likeness (QED) is 0.430. The Hall–Kier alpha value is -1.41. The Labute approximate surface area is 135 Å². The molecule has 0 aromatic rings. The molecule has 1 aliphatic carbocycles. The lowest BCUT2D eigenvalue weighted by molar-refractivity contribution is -0.107. The number of rotatable bonds is 6. The van der Waals surface area contributed by atoms with Gasteiger partial charge in [0.15, 0.2) is 0 Å². The van der Waals surface area contributed by atoms with Crippen molar-refractivity contribution in [1.29, 1.82) is 0 Å². The van der Waals surface area contributed by atoms with Gasteiger partial charge >= 0.3 is 0 Å². The minimum absolute atomic E-state index is 0.234. The average Bonchev–Trinajstić information content (AvgIpc) is 2.37. The summed E-state index contributed by atoms with van der Waals surface area (Å²) < 4.78 is 0. The van der Waals surface area contributed by atoms with Gasteiger partial charge in [0, 0.05) is 6.42 Å². The van der Waals surface area contributed by atoms with Crippen LogP contribution in [-0.4, -0.2) is 17.5 Å². The standard InChI is InChI=1S/C20H30O2/c1-15(13-18(22)14-16(2)10-12-21)8-9-19-17(3)7-6-11-20(19,4)5/h8-9,12-14,18,22H,6-7,10-11H2,1-5H3. The Balaban J connectivity index is 2.82. The number of aldehydes is 1. The van der Waals surface area contributed by atoms with E-state index >= 15 is 0 Å². The molecule has 2 nitrogen and oxygen atoms in total. The number of aliphatic hydroxyl groups excluding tert-OH is 1. The summed E-state index contributed by atoms with van der Waals surface area (Å²) in [4.78, 5) is 10.4. The van der Waals surface area contributed by atoms with Crippen molar-refractivity contribution < 1.29 is 9.90 Å². The van der Waals surface area contributed by atoms with E-state index < -0.39 is 6.10 Å². The zero-order valence-electron chi connectivity index (χ0n) is 14.6. The fraction of sp³-hybridized carbons (Fsp3) is 0.550. The molecule has 0 saturated heterocycles. The molecule has 0 aliphatic heterocycles. The summed E-state index contributed by atoms with van der Waals surface area (Å²) >= 11 is 0. The first-order valence-electron chi connectivity index (χ1n) is 8.12. The summed E-state index contributed by atoms with van der Waals surface area (Å²) in [6.07, 6.45) is 12.1. The van der Waals surface area contributed by atoms with Crippen LogP contribution in [0.4, 0.5) is 0 Å². The van der Waals surface area contributed by atoms with E-state index in [4.69, 9.17) is 0 Å². The second-order valence-electron chi connectivity index (χ2n) is 7.05. The molecule has 0 heterocycles. The number of carbonyl (C=O) groups excluding carboxylic acids is 1. The van der Waals surface area contributed by atoms with E-state index in [1.807, 2.05) is 19.9 Å². The maximum absolute atomic E-state index is 10.4. The molecule has 0 bridgehead atoms. The van der Waals surface area contributed by atoms with Gasteiger partial charge < -0.3 is 9.90 Å². The van der Waals surface area contributed by atoms with Crippen LogP contribution in [0, 0.1) is 5.41 Å². The molecule has 22 heavy (non-hydrogen) atoms. The molecule has 0 aromatic carbocycles. The Morgan fingerprint density at radius 3 is 2.59 bits per heavy atom. The molecule has 0 radical (unpaired) electrons. The third-order valence-corrected chi connectivity index (χ3v) is 4.35. The highest BCUT2D eigenvalue weighted by atomic mass is 16.3. The minimum Gasteiger partial charge on any atom is -0.385 e. The maximum Gasteiger partial charge on any atom is 0.124 e. The van der Waals surface area contributed by atoms with E-state index in [2.05, 4.69) is 32.9 Å².